The van der Waals surface area contributed by atoms with Gasteiger partial charge in [0, 0.05) is 12.7 Å². The largest absolute Gasteiger partial charge is 0.440 e. The van der Waals surface area contributed by atoms with Crippen molar-refractivity contribution < 1.29 is 9.63 Å². The van der Waals surface area contributed by atoms with Gasteiger partial charge in [0.1, 0.15) is 0 Å². The van der Waals surface area contributed by atoms with Crippen LogP contribution in [0.25, 0.3) is 0 Å². The Morgan fingerprint density at radius 1 is 1.31 bits per heavy atom. The Labute approximate surface area is 92.8 Å². The first-order valence-electron chi connectivity index (χ1n) is 4.78. The van der Waals surface area contributed by atoms with Gasteiger partial charge in [-0.25, -0.2) is 4.79 Å². The first kappa shape index (κ1) is 10.2. The zero-order valence-electron chi connectivity index (χ0n) is 8.78. The number of nitrogens with zero attached hydrogens (tertiary/aromatic N) is 3. The van der Waals surface area contributed by atoms with Gasteiger partial charge in [-0.2, -0.15) is 0 Å². The molecular formula is C11H11N3O2. The van der Waals surface area contributed by atoms with Gasteiger partial charge in [0.15, 0.2) is 0 Å². The minimum atomic E-state index is -0.491. The van der Waals surface area contributed by atoms with Gasteiger partial charge in [-0.15, -0.1) is 5.10 Å². The van der Waals surface area contributed by atoms with E-state index in [0.717, 1.165) is 10.5 Å². The van der Waals surface area contributed by atoms with Crippen LogP contribution >= 0.6 is 0 Å². The molecule has 0 aliphatic heterocycles. The van der Waals surface area contributed by atoms with Crippen LogP contribution in [0.5, 0.6) is 0 Å². The maximum Gasteiger partial charge on any atom is 0.440 e. The van der Waals surface area contributed by atoms with E-state index in [9.17, 15) is 4.79 Å². The van der Waals surface area contributed by atoms with Crippen LogP contribution in [-0.4, -0.2) is 23.1 Å². The van der Waals surface area contributed by atoms with Crippen LogP contribution < -0.4 is 9.74 Å². The van der Waals surface area contributed by atoms with Gasteiger partial charge in [0.25, 0.3) is 0 Å². The van der Waals surface area contributed by atoms with Crippen molar-refractivity contribution in [2.45, 2.75) is 0 Å². The number of anilines is 1. The minimum Gasteiger partial charge on any atom is -0.299 e. The average Bonchev–Trinajstić information content (AvgIpc) is 2.82. The van der Waals surface area contributed by atoms with Crippen LogP contribution in [0.3, 0.4) is 0 Å². The van der Waals surface area contributed by atoms with Crippen LogP contribution in [0.15, 0.2) is 48.8 Å². The Kier molecular flexibility index (Phi) is 2.86. The summed E-state index contributed by atoms with van der Waals surface area (Å²) in [5.41, 5.74) is 0.764. The summed E-state index contributed by atoms with van der Waals surface area (Å²) >= 11 is 0. The summed E-state index contributed by atoms with van der Waals surface area (Å²) in [6, 6.07) is 10.9. The zero-order valence-corrected chi connectivity index (χ0v) is 8.78. The topological polar surface area (TPSA) is 47.4 Å². The van der Waals surface area contributed by atoms with Gasteiger partial charge in [-0.05, 0) is 18.2 Å². The monoisotopic (exact) mass is 217 g/mol. The second kappa shape index (κ2) is 4.48. The predicted octanol–water partition coefficient (Wildman–Crippen LogP) is 1.57. The first-order chi connectivity index (χ1) is 7.77. The Morgan fingerprint density at radius 3 is 2.69 bits per heavy atom. The Hall–Kier alpha value is -2.30. The molecule has 0 N–H and O–H groups in total. The molecule has 5 heteroatoms. The van der Waals surface area contributed by atoms with Gasteiger partial charge >= 0.3 is 6.09 Å². The summed E-state index contributed by atoms with van der Waals surface area (Å²) in [7, 11) is 1.64. The lowest BCUT2D eigenvalue weighted by Gasteiger charge is -2.15. The molecule has 0 bridgehead atoms. The fraction of sp³-hybridized carbons (Fsp3) is 0.0909. The van der Waals surface area contributed by atoms with E-state index in [0.29, 0.717) is 0 Å². The highest BCUT2D eigenvalue weighted by Gasteiger charge is 2.12. The van der Waals surface area contributed by atoms with Crippen LogP contribution in [0, 0.1) is 0 Å². The molecule has 0 radical (unpaired) electrons. The molecule has 0 aliphatic rings. The summed E-state index contributed by atoms with van der Waals surface area (Å²) < 4.78 is 0. The molecule has 2 rings (SSSR count). The van der Waals surface area contributed by atoms with Gasteiger partial charge in [0.2, 0.25) is 0 Å². The second-order valence-corrected chi connectivity index (χ2v) is 3.16. The summed E-state index contributed by atoms with van der Waals surface area (Å²) in [6.45, 7) is 0. The van der Waals surface area contributed by atoms with Crippen molar-refractivity contribution >= 4 is 11.8 Å². The van der Waals surface area contributed by atoms with Gasteiger partial charge < -0.3 is 0 Å². The summed E-state index contributed by atoms with van der Waals surface area (Å²) in [4.78, 5) is 19.1. The van der Waals surface area contributed by atoms with E-state index < -0.39 is 6.09 Å². The molecule has 82 valence electrons. The molecule has 0 atom stereocenters. The van der Waals surface area contributed by atoms with E-state index >= 15 is 0 Å². The quantitative estimate of drug-likeness (QED) is 0.767. The third-order valence-corrected chi connectivity index (χ3v) is 2.07. The molecule has 1 aromatic carbocycles. The number of carbonyl (C=O) groups is 1. The smallest absolute Gasteiger partial charge is 0.299 e. The number of amides is 1. The molecule has 2 aromatic rings. The molecule has 0 aliphatic carbocycles. The molecule has 0 saturated heterocycles. The first-order valence-corrected chi connectivity index (χ1v) is 4.78. The third-order valence-electron chi connectivity index (χ3n) is 2.07. The van der Waals surface area contributed by atoms with Gasteiger partial charge in [-0.3, -0.25) is 9.74 Å². The zero-order chi connectivity index (χ0) is 11.4. The highest BCUT2D eigenvalue weighted by molar-refractivity contribution is 5.86. The van der Waals surface area contributed by atoms with Gasteiger partial charge in [-0.1, -0.05) is 23.0 Å². The van der Waals surface area contributed by atoms with Crippen molar-refractivity contribution in [3.8, 4) is 0 Å². The maximum absolute atomic E-state index is 11.7. The molecule has 0 spiro atoms. The highest BCUT2D eigenvalue weighted by Crippen LogP contribution is 2.10. The van der Waals surface area contributed by atoms with Crippen molar-refractivity contribution in [1.29, 1.82) is 0 Å². The fourth-order valence-electron chi connectivity index (χ4n) is 1.21. The summed E-state index contributed by atoms with van der Waals surface area (Å²) in [5, 5.41) is 3.78. The SMILES string of the molecule is CN(C(=O)On1cccn1)c1ccccc1. The van der Waals surface area contributed by atoms with E-state index in [1.165, 1.54) is 11.1 Å². The molecule has 5 nitrogen and oxygen atoms in total. The molecule has 1 aromatic heterocycles. The summed E-state index contributed by atoms with van der Waals surface area (Å²) in [5.74, 6) is 0. The van der Waals surface area contributed by atoms with Crippen molar-refractivity contribution in [3.63, 3.8) is 0 Å². The van der Waals surface area contributed by atoms with E-state index in [1.807, 2.05) is 30.3 Å². The minimum absolute atomic E-state index is 0.491. The fourth-order valence-corrected chi connectivity index (χ4v) is 1.21. The second-order valence-electron chi connectivity index (χ2n) is 3.16. The van der Waals surface area contributed by atoms with E-state index in [4.69, 9.17) is 4.84 Å². The van der Waals surface area contributed by atoms with Crippen LogP contribution in [0.2, 0.25) is 0 Å². The predicted molar refractivity (Wildman–Crippen MR) is 59.0 cm³/mol. The highest BCUT2D eigenvalue weighted by atomic mass is 16.7. The molecule has 0 unspecified atom stereocenters. The number of benzene rings is 1. The third kappa shape index (κ3) is 2.20. The molecule has 0 fully saturated rings. The molecule has 0 saturated carbocycles. The Bertz CT molecular complexity index is 453. The summed E-state index contributed by atoms with van der Waals surface area (Å²) in [6.07, 6.45) is 2.60. The van der Waals surface area contributed by atoms with Crippen LogP contribution in [-0.2, 0) is 0 Å². The van der Waals surface area contributed by atoms with E-state index in [2.05, 4.69) is 5.10 Å². The van der Waals surface area contributed by atoms with Crippen molar-refractivity contribution in [2.24, 2.45) is 0 Å². The van der Waals surface area contributed by atoms with Crippen molar-refractivity contribution in [2.75, 3.05) is 11.9 Å². The number of aromatic nitrogens is 2. The maximum atomic E-state index is 11.7. The molecule has 1 amide bonds. The van der Waals surface area contributed by atoms with E-state index in [-0.39, 0.29) is 0 Å². The van der Waals surface area contributed by atoms with Crippen molar-refractivity contribution in [3.05, 3.63) is 48.8 Å². The number of hydrogen-bond donors (Lipinski definition) is 0. The Morgan fingerprint density at radius 2 is 2.06 bits per heavy atom. The Balaban J connectivity index is 2.05. The number of hydrogen-bond acceptors (Lipinski definition) is 3. The van der Waals surface area contributed by atoms with Gasteiger partial charge in [0.05, 0.1) is 12.4 Å². The molecule has 1 heterocycles. The lowest BCUT2D eigenvalue weighted by molar-refractivity contribution is 0.124. The number of carbonyl (C=O) groups excluding carboxylic acids is 1. The average molecular weight is 217 g/mol. The molecular weight excluding hydrogens is 206 g/mol. The standard InChI is InChI=1S/C11H11N3O2/c1-13(10-6-3-2-4-7-10)11(15)16-14-9-5-8-12-14/h2-9H,1H3. The number of para-hydroxylation sites is 1. The lowest BCUT2D eigenvalue weighted by Crippen LogP contribution is -2.34. The van der Waals surface area contributed by atoms with E-state index in [1.54, 1.807) is 19.3 Å². The normalized spacial score (nSPS) is 9.81. The van der Waals surface area contributed by atoms with Crippen molar-refractivity contribution in [1.82, 2.24) is 9.94 Å². The number of rotatable bonds is 2. The molecule has 16 heavy (non-hydrogen) atoms. The van der Waals surface area contributed by atoms with Crippen LogP contribution in [0.1, 0.15) is 0 Å². The van der Waals surface area contributed by atoms with Crippen LogP contribution in [0.4, 0.5) is 10.5 Å². The lowest BCUT2D eigenvalue weighted by atomic mass is 10.3.